The van der Waals surface area contributed by atoms with E-state index in [1.807, 2.05) is 29.7 Å². The van der Waals surface area contributed by atoms with E-state index in [4.69, 9.17) is 0 Å². The molecule has 3 atom stereocenters. The molecule has 4 aromatic rings. The van der Waals surface area contributed by atoms with Gasteiger partial charge in [0.1, 0.15) is 5.54 Å². The Morgan fingerprint density at radius 1 is 0.865 bits per heavy atom. The first-order valence-electron chi connectivity index (χ1n) is 13.4. The summed E-state index contributed by atoms with van der Waals surface area (Å²) in [6, 6.07) is 28.6. The molecule has 1 aliphatic heterocycles. The van der Waals surface area contributed by atoms with Crippen LogP contribution in [0.5, 0.6) is 0 Å². The Hall–Kier alpha value is -3.08. The molecule has 2 aliphatic carbocycles. The van der Waals surface area contributed by atoms with Crippen LogP contribution < -0.4 is 5.32 Å². The zero-order chi connectivity index (χ0) is 25.2. The molecule has 1 heterocycles. The lowest BCUT2D eigenvalue weighted by atomic mass is 9.86. The van der Waals surface area contributed by atoms with Crippen molar-refractivity contribution in [3.8, 4) is 0 Å². The molecule has 0 aromatic heterocycles. The maximum absolute atomic E-state index is 11.6. The van der Waals surface area contributed by atoms with E-state index >= 15 is 0 Å². The fourth-order valence-corrected chi connectivity index (χ4v) is 6.94. The van der Waals surface area contributed by atoms with Crippen molar-refractivity contribution in [1.82, 2.24) is 5.32 Å². The molecule has 2 N–H and O–H groups in total. The lowest BCUT2D eigenvalue weighted by Gasteiger charge is -2.31. The van der Waals surface area contributed by atoms with Crippen LogP contribution in [-0.4, -0.2) is 28.4 Å². The number of hydrogen-bond acceptors (Lipinski definition) is 3. The van der Waals surface area contributed by atoms with Gasteiger partial charge in [0.15, 0.2) is 0 Å². The van der Waals surface area contributed by atoms with Gasteiger partial charge in [-0.1, -0.05) is 84.9 Å². The number of rotatable bonds is 4. The molecule has 0 radical (unpaired) electrons. The van der Waals surface area contributed by atoms with Gasteiger partial charge in [-0.05, 0) is 82.2 Å². The van der Waals surface area contributed by atoms with Gasteiger partial charge < -0.3 is 5.11 Å². The first-order valence-corrected chi connectivity index (χ1v) is 14.4. The highest BCUT2D eigenvalue weighted by Crippen LogP contribution is 2.43. The van der Waals surface area contributed by atoms with Gasteiger partial charge in [-0.15, -0.1) is 11.8 Å². The molecule has 0 saturated heterocycles. The lowest BCUT2D eigenvalue weighted by Crippen LogP contribution is -2.55. The predicted molar refractivity (Wildman–Crippen MR) is 155 cm³/mol. The second-order valence-corrected chi connectivity index (χ2v) is 11.5. The van der Waals surface area contributed by atoms with Gasteiger partial charge >= 0.3 is 5.97 Å². The van der Waals surface area contributed by atoms with Crippen LogP contribution >= 0.6 is 11.8 Å². The third-order valence-corrected chi connectivity index (χ3v) is 9.18. The SMILES string of the molecule is O=C(O)C1(NC2CC2c2ccccc2)CC=CSC1.c1ccc2c(c1)ccc1c3c(ccc12)CCCC3. The average Bonchev–Trinajstić information content (AvgIpc) is 3.73. The third-order valence-electron chi connectivity index (χ3n) is 8.14. The zero-order valence-corrected chi connectivity index (χ0v) is 21.8. The van der Waals surface area contributed by atoms with Gasteiger partial charge in [0, 0.05) is 17.7 Å². The van der Waals surface area contributed by atoms with E-state index in [2.05, 4.69) is 66.0 Å². The molecule has 0 amide bonds. The van der Waals surface area contributed by atoms with Gasteiger partial charge in [-0.3, -0.25) is 10.1 Å². The molecular weight excluding hydrogens is 474 g/mol. The second kappa shape index (κ2) is 10.4. The Labute approximate surface area is 223 Å². The Morgan fingerprint density at radius 2 is 1.65 bits per heavy atom. The van der Waals surface area contributed by atoms with E-state index in [0.717, 1.165) is 6.42 Å². The third kappa shape index (κ3) is 4.93. The lowest BCUT2D eigenvalue weighted by molar-refractivity contribution is -0.143. The van der Waals surface area contributed by atoms with E-state index in [1.165, 1.54) is 52.8 Å². The highest BCUT2D eigenvalue weighted by atomic mass is 32.2. The van der Waals surface area contributed by atoms with Crippen LogP contribution in [0.4, 0.5) is 0 Å². The second-order valence-electron chi connectivity index (χ2n) is 10.6. The van der Waals surface area contributed by atoms with Gasteiger partial charge in [0.2, 0.25) is 0 Å². The summed E-state index contributed by atoms with van der Waals surface area (Å²) in [7, 11) is 0. The normalized spacial score (nSPS) is 24.2. The molecule has 0 spiro atoms. The summed E-state index contributed by atoms with van der Waals surface area (Å²) in [5.74, 6) is 0.341. The molecule has 188 valence electrons. The minimum Gasteiger partial charge on any atom is -0.480 e. The van der Waals surface area contributed by atoms with Crippen molar-refractivity contribution in [3.63, 3.8) is 0 Å². The fraction of sp³-hybridized carbons (Fsp3) is 0.303. The van der Waals surface area contributed by atoms with Crippen LogP contribution in [0.2, 0.25) is 0 Å². The molecule has 4 aromatic carbocycles. The van der Waals surface area contributed by atoms with Crippen molar-refractivity contribution in [1.29, 1.82) is 0 Å². The van der Waals surface area contributed by atoms with Crippen molar-refractivity contribution >= 4 is 39.3 Å². The smallest absolute Gasteiger partial charge is 0.325 e. The van der Waals surface area contributed by atoms with Crippen LogP contribution in [-0.2, 0) is 17.6 Å². The number of benzene rings is 4. The molecule has 3 aliphatic rings. The standard InChI is InChI=1S/C18H16.C15H17NO2S/c1-3-7-15-13(5-1)9-11-18-16-8-4-2-6-14(16)10-12-17(15)18;17-14(18)15(7-4-8-19-10-15)16-13-9-12(13)11-5-2-1-3-6-11/h1,3,5,7,9-12H,2,4,6,8H2;1-6,8,12-13,16H,7,9-10H2,(H,17,18). The number of thioether (sulfide) groups is 1. The Morgan fingerprint density at radius 3 is 2.46 bits per heavy atom. The summed E-state index contributed by atoms with van der Waals surface area (Å²) in [5, 5.41) is 20.5. The largest absolute Gasteiger partial charge is 0.480 e. The van der Waals surface area contributed by atoms with Gasteiger partial charge in [0.25, 0.3) is 0 Å². The van der Waals surface area contributed by atoms with Crippen LogP contribution in [0.15, 0.2) is 90.3 Å². The molecule has 3 nitrogen and oxygen atoms in total. The number of carbonyl (C=O) groups is 1. The quantitative estimate of drug-likeness (QED) is 0.281. The Balaban J connectivity index is 0.000000136. The summed E-state index contributed by atoms with van der Waals surface area (Å²) < 4.78 is 0. The van der Waals surface area contributed by atoms with Crippen molar-refractivity contribution in [3.05, 3.63) is 107 Å². The van der Waals surface area contributed by atoms with Crippen LogP contribution in [0.25, 0.3) is 21.5 Å². The van der Waals surface area contributed by atoms with Crippen LogP contribution in [0.1, 0.15) is 48.3 Å². The first-order chi connectivity index (χ1) is 18.1. The maximum atomic E-state index is 11.6. The summed E-state index contributed by atoms with van der Waals surface area (Å²) in [6.45, 7) is 0. The van der Waals surface area contributed by atoms with Crippen molar-refractivity contribution in [2.75, 3.05) is 5.75 Å². The minimum absolute atomic E-state index is 0.297. The van der Waals surface area contributed by atoms with Crippen molar-refractivity contribution in [2.45, 2.75) is 56.0 Å². The van der Waals surface area contributed by atoms with Crippen molar-refractivity contribution in [2.24, 2.45) is 0 Å². The molecule has 0 bridgehead atoms. The Kier molecular flexibility index (Phi) is 6.79. The molecule has 7 rings (SSSR count). The van der Waals surface area contributed by atoms with Gasteiger partial charge in [-0.2, -0.15) is 0 Å². The van der Waals surface area contributed by atoms with E-state index in [-0.39, 0.29) is 0 Å². The summed E-state index contributed by atoms with van der Waals surface area (Å²) in [4.78, 5) is 11.6. The number of nitrogens with one attached hydrogen (secondary N) is 1. The molecule has 37 heavy (non-hydrogen) atoms. The van der Waals surface area contributed by atoms with Crippen LogP contribution in [0.3, 0.4) is 0 Å². The molecule has 3 unspecified atom stereocenters. The topological polar surface area (TPSA) is 49.3 Å². The average molecular weight is 508 g/mol. The Bertz CT molecular complexity index is 1460. The predicted octanol–water partition coefficient (Wildman–Crippen LogP) is 7.48. The number of fused-ring (bicyclic) bond motifs is 5. The number of hydrogen-bond donors (Lipinski definition) is 2. The van der Waals surface area contributed by atoms with E-state index in [1.54, 1.807) is 22.9 Å². The highest BCUT2D eigenvalue weighted by molar-refractivity contribution is 8.02. The van der Waals surface area contributed by atoms with Crippen molar-refractivity contribution < 1.29 is 9.90 Å². The maximum Gasteiger partial charge on any atom is 0.325 e. The molecule has 1 saturated carbocycles. The first kappa shape index (κ1) is 24.3. The minimum atomic E-state index is -0.784. The van der Waals surface area contributed by atoms with Gasteiger partial charge in [0.05, 0.1) is 0 Å². The fourth-order valence-electron chi connectivity index (χ4n) is 6.00. The number of carboxylic acids is 1. The molecule has 4 heteroatoms. The monoisotopic (exact) mass is 507 g/mol. The molecule has 1 fully saturated rings. The zero-order valence-electron chi connectivity index (χ0n) is 21.0. The molecular formula is C33H33NO2S. The number of carboxylic acid groups (broad SMARTS) is 1. The van der Waals surface area contributed by atoms with Crippen LogP contribution in [0, 0.1) is 0 Å². The summed E-state index contributed by atoms with van der Waals surface area (Å²) >= 11 is 1.57. The van der Waals surface area contributed by atoms with E-state index in [9.17, 15) is 9.90 Å². The summed E-state index contributed by atoms with van der Waals surface area (Å²) in [5.41, 5.74) is 3.70. The highest BCUT2D eigenvalue weighted by Gasteiger charge is 2.47. The van der Waals surface area contributed by atoms with Gasteiger partial charge in [-0.25, -0.2) is 0 Å². The van der Waals surface area contributed by atoms with E-state index in [0.29, 0.717) is 24.1 Å². The number of aryl methyl sites for hydroxylation is 2. The van der Waals surface area contributed by atoms with E-state index < -0.39 is 11.5 Å². The summed E-state index contributed by atoms with van der Waals surface area (Å²) in [6.07, 6.45) is 8.78. The number of aliphatic carboxylic acids is 1.